The molecular formula is C28H34ClN3O4S. The molecule has 0 saturated carbocycles. The fourth-order valence-electron chi connectivity index (χ4n) is 5.22. The van der Waals surface area contributed by atoms with Crippen molar-refractivity contribution in [1.82, 2.24) is 14.9 Å². The van der Waals surface area contributed by atoms with Gasteiger partial charge in [0.15, 0.2) is 0 Å². The maximum Gasteiger partial charge on any atom is 0.303 e. The van der Waals surface area contributed by atoms with E-state index in [1.54, 1.807) is 13.3 Å². The number of thioether (sulfide) groups is 1. The average molecular weight is 544 g/mol. The van der Waals surface area contributed by atoms with Gasteiger partial charge in [0.25, 0.3) is 0 Å². The number of fused-ring (bicyclic) bond motifs is 1. The van der Waals surface area contributed by atoms with Crippen LogP contribution in [-0.4, -0.2) is 63.5 Å². The van der Waals surface area contributed by atoms with Crippen LogP contribution in [0, 0.1) is 5.41 Å². The normalized spacial score (nSPS) is 16.5. The van der Waals surface area contributed by atoms with E-state index in [4.69, 9.17) is 16.3 Å². The van der Waals surface area contributed by atoms with Crippen LogP contribution in [0.3, 0.4) is 0 Å². The van der Waals surface area contributed by atoms with Crippen molar-refractivity contribution in [3.05, 3.63) is 59.5 Å². The Morgan fingerprint density at radius 2 is 2.00 bits per heavy atom. The summed E-state index contributed by atoms with van der Waals surface area (Å²) >= 11 is 8.32. The van der Waals surface area contributed by atoms with Gasteiger partial charge < -0.3 is 19.8 Å². The number of hydrogen-bond acceptors (Lipinski definition) is 7. The van der Waals surface area contributed by atoms with Crippen molar-refractivity contribution in [2.45, 2.75) is 49.5 Å². The number of benzene rings is 1. The van der Waals surface area contributed by atoms with Gasteiger partial charge in [0.05, 0.1) is 30.2 Å². The summed E-state index contributed by atoms with van der Waals surface area (Å²) in [6, 6.07) is 9.56. The van der Waals surface area contributed by atoms with Crippen molar-refractivity contribution < 1.29 is 19.7 Å². The molecule has 1 atom stereocenters. The van der Waals surface area contributed by atoms with Gasteiger partial charge in [0.1, 0.15) is 5.75 Å². The molecule has 1 fully saturated rings. The Bertz CT molecular complexity index is 1190. The number of pyridine rings is 2. The number of aliphatic hydroxyl groups is 1. The van der Waals surface area contributed by atoms with E-state index in [2.05, 4.69) is 14.9 Å². The predicted octanol–water partition coefficient (Wildman–Crippen LogP) is 5.84. The summed E-state index contributed by atoms with van der Waals surface area (Å²) in [6.07, 6.45) is 8.24. The van der Waals surface area contributed by atoms with Gasteiger partial charge in [0.2, 0.25) is 0 Å². The highest BCUT2D eigenvalue weighted by Gasteiger charge is 2.37. The van der Waals surface area contributed by atoms with Gasteiger partial charge in [-0.15, -0.1) is 11.8 Å². The van der Waals surface area contributed by atoms with Gasteiger partial charge in [-0.25, -0.2) is 0 Å². The number of ether oxygens (including phenoxy) is 1. The molecule has 0 spiro atoms. The van der Waals surface area contributed by atoms with Crippen LogP contribution in [0.5, 0.6) is 5.75 Å². The third kappa shape index (κ3) is 7.35. The first-order valence-electron chi connectivity index (χ1n) is 12.7. The summed E-state index contributed by atoms with van der Waals surface area (Å²) in [5.41, 5.74) is 1.03. The van der Waals surface area contributed by atoms with Crippen LogP contribution in [-0.2, 0) is 4.79 Å². The summed E-state index contributed by atoms with van der Waals surface area (Å²) in [5, 5.41) is 22.0. The highest BCUT2D eigenvalue weighted by Crippen LogP contribution is 2.43. The molecule has 4 rings (SSSR count). The van der Waals surface area contributed by atoms with Crippen molar-refractivity contribution >= 4 is 40.2 Å². The molecule has 0 radical (unpaired) electrons. The molecule has 0 amide bonds. The topological polar surface area (TPSA) is 95.8 Å². The van der Waals surface area contributed by atoms with Gasteiger partial charge >= 0.3 is 5.97 Å². The molecule has 3 aromatic rings. The fraction of sp³-hybridized carbons (Fsp3) is 0.464. The lowest BCUT2D eigenvalue weighted by Gasteiger charge is -2.41. The Morgan fingerprint density at radius 1 is 1.24 bits per heavy atom. The van der Waals surface area contributed by atoms with Gasteiger partial charge in [-0.2, -0.15) is 0 Å². The van der Waals surface area contributed by atoms with Gasteiger partial charge in [0, 0.05) is 34.4 Å². The fourth-order valence-corrected chi connectivity index (χ4v) is 6.32. The first kappa shape index (κ1) is 27.6. The summed E-state index contributed by atoms with van der Waals surface area (Å²) in [4.78, 5) is 23.9. The molecule has 3 heterocycles. The number of likely N-dealkylation sites (tertiary alicyclic amines) is 1. The van der Waals surface area contributed by atoms with Crippen molar-refractivity contribution in [3.63, 3.8) is 0 Å². The number of nitrogens with zero attached hydrogens (tertiary/aromatic N) is 3. The lowest BCUT2D eigenvalue weighted by atomic mass is 9.71. The van der Waals surface area contributed by atoms with Crippen LogP contribution in [0.4, 0.5) is 0 Å². The van der Waals surface area contributed by atoms with Crippen molar-refractivity contribution in [1.29, 1.82) is 0 Å². The maximum atomic E-state index is 11.8. The quantitative estimate of drug-likeness (QED) is 0.217. The van der Waals surface area contributed by atoms with E-state index in [0.717, 1.165) is 55.6 Å². The third-order valence-corrected chi connectivity index (χ3v) is 8.73. The highest BCUT2D eigenvalue weighted by atomic mass is 35.5. The number of halogens is 1. The van der Waals surface area contributed by atoms with E-state index in [9.17, 15) is 15.0 Å². The standard InChI is InChI=1S/C28H34ClN3O4S/c1-36-20-3-4-24-22(17-20)27(23(29)19-31-24)25(33)5-8-28(18-26(34)35)9-14-32(15-10-28)13-2-16-37-21-6-11-30-12-7-21/h3-4,6-7,11-12,17,19,25,33H,2,5,8-10,13-16,18H2,1H3,(H,34,35). The minimum atomic E-state index is -0.820. The highest BCUT2D eigenvalue weighted by molar-refractivity contribution is 7.99. The molecule has 1 aliphatic rings. The number of carboxylic acids is 1. The Labute approximate surface area is 227 Å². The molecule has 2 N–H and O–H groups in total. The van der Waals surface area contributed by atoms with E-state index in [-0.39, 0.29) is 11.8 Å². The minimum Gasteiger partial charge on any atom is -0.497 e. The smallest absolute Gasteiger partial charge is 0.303 e. The summed E-state index contributed by atoms with van der Waals surface area (Å²) in [5.74, 6) is 0.922. The largest absolute Gasteiger partial charge is 0.497 e. The van der Waals surface area contributed by atoms with Crippen LogP contribution in [0.25, 0.3) is 10.9 Å². The number of aliphatic carboxylic acids is 1. The van der Waals surface area contributed by atoms with Crippen LogP contribution in [0.1, 0.15) is 50.2 Å². The Balaban J connectivity index is 1.35. The molecule has 2 aromatic heterocycles. The number of aliphatic hydroxyl groups excluding tert-OH is 1. The van der Waals surface area contributed by atoms with Gasteiger partial charge in [-0.05, 0) is 93.2 Å². The molecule has 9 heteroatoms. The Hall–Kier alpha value is -2.39. The van der Waals surface area contributed by atoms with E-state index < -0.39 is 12.1 Å². The lowest BCUT2D eigenvalue weighted by Crippen LogP contribution is -2.41. The van der Waals surface area contributed by atoms with Crippen LogP contribution in [0.2, 0.25) is 5.02 Å². The zero-order valence-electron chi connectivity index (χ0n) is 21.1. The number of carbonyl (C=O) groups is 1. The molecule has 1 saturated heterocycles. The van der Waals surface area contributed by atoms with E-state index in [0.29, 0.717) is 29.2 Å². The Morgan fingerprint density at radius 3 is 2.70 bits per heavy atom. The molecule has 1 aliphatic heterocycles. The second-order valence-electron chi connectivity index (χ2n) is 9.75. The van der Waals surface area contributed by atoms with E-state index in [1.165, 1.54) is 4.90 Å². The Kier molecular flexibility index (Phi) is 9.65. The number of piperidine rings is 1. The maximum absolute atomic E-state index is 11.8. The number of methoxy groups -OCH3 is 1. The molecule has 7 nitrogen and oxygen atoms in total. The molecule has 1 unspecified atom stereocenters. The second-order valence-corrected chi connectivity index (χ2v) is 11.3. The monoisotopic (exact) mass is 543 g/mol. The molecule has 0 aliphatic carbocycles. The van der Waals surface area contributed by atoms with E-state index >= 15 is 0 Å². The first-order valence-corrected chi connectivity index (χ1v) is 14.0. The average Bonchev–Trinajstić information content (AvgIpc) is 2.90. The number of hydrogen-bond donors (Lipinski definition) is 2. The van der Waals surface area contributed by atoms with Gasteiger partial charge in [-0.3, -0.25) is 14.8 Å². The summed E-state index contributed by atoms with van der Waals surface area (Å²) < 4.78 is 5.35. The SMILES string of the molecule is COc1ccc2ncc(Cl)c(C(O)CCC3(CC(=O)O)CCN(CCCSc4ccncc4)CC3)c2c1. The molecular weight excluding hydrogens is 510 g/mol. The van der Waals surface area contributed by atoms with Crippen LogP contribution < -0.4 is 4.74 Å². The molecule has 37 heavy (non-hydrogen) atoms. The third-order valence-electron chi connectivity index (χ3n) is 7.33. The number of aromatic nitrogens is 2. The summed E-state index contributed by atoms with van der Waals surface area (Å²) in [7, 11) is 1.59. The molecule has 0 bridgehead atoms. The van der Waals surface area contributed by atoms with E-state index in [1.807, 2.05) is 54.5 Å². The molecule has 198 valence electrons. The lowest BCUT2D eigenvalue weighted by molar-refractivity contribution is -0.141. The van der Waals surface area contributed by atoms with Crippen molar-refractivity contribution in [3.8, 4) is 5.75 Å². The van der Waals surface area contributed by atoms with Crippen molar-refractivity contribution in [2.75, 3.05) is 32.5 Å². The zero-order valence-corrected chi connectivity index (χ0v) is 22.7. The predicted molar refractivity (Wildman–Crippen MR) is 147 cm³/mol. The van der Waals surface area contributed by atoms with Crippen molar-refractivity contribution in [2.24, 2.45) is 5.41 Å². The zero-order chi connectivity index (χ0) is 26.3. The number of carboxylic acid groups (broad SMARTS) is 1. The molecule has 1 aromatic carbocycles. The second kappa shape index (κ2) is 12.9. The minimum absolute atomic E-state index is 0.115. The van der Waals surface area contributed by atoms with Gasteiger partial charge in [-0.1, -0.05) is 11.6 Å². The van der Waals surface area contributed by atoms with Crippen LogP contribution >= 0.6 is 23.4 Å². The van der Waals surface area contributed by atoms with Crippen LogP contribution in [0.15, 0.2) is 53.8 Å². The summed E-state index contributed by atoms with van der Waals surface area (Å²) in [6.45, 7) is 2.75. The number of rotatable bonds is 12. The first-order chi connectivity index (χ1) is 17.9.